The molecule has 1 aromatic rings. The summed E-state index contributed by atoms with van der Waals surface area (Å²) < 4.78 is 0. The predicted molar refractivity (Wildman–Crippen MR) is 82.5 cm³/mol. The largest absolute Gasteiger partial charge is 0.352 e. The fourth-order valence-electron chi connectivity index (χ4n) is 2.61. The molecule has 0 aliphatic heterocycles. The van der Waals surface area contributed by atoms with Crippen LogP contribution in [0, 0.1) is 11.8 Å². The molecule has 2 atom stereocenters. The topological polar surface area (TPSA) is 29.1 Å². The van der Waals surface area contributed by atoms with E-state index >= 15 is 0 Å². The molecule has 0 saturated carbocycles. The zero-order chi connectivity index (χ0) is 13.8. The Kier molecular flexibility index (Phi) is 5.03. The van der Waals surface area contributed by atoms with Crippen molar-refractivity contribution in [3.8, 4) is 0 Å². The lowest BCUT2D eigenvalue weighted by molar-refractivity contribution is -0.126. The molecule has 2 unspecified atom stereocenters. The van der Waals surface area contributed by atoms with Gasteiger partial charge in [0.1, 0.15) is 0 Å². The Labute approximate surface area is 124 Å². The summed E-state index contributed by atoms with van der Waals surface area (Å²) in [5.41, 5.74) is 2.75. The molecule has 104 valence electrons. The van der Waals surface area contributed by atoms with Crippen molar-refractivity contribution < 1.29 is 4.79 Å². The van der Waals surface area contributed by atoms with Crippen LogP contribution in [0.1, 0.15) is 31.4 Å². The van der Waals surface area contributed by atoms with E-state index in [2.05, 4.69) is 59.4 Å². The van der Waals surface area contributed by atoms with Gasteiger partial charge in [0.25, 0.3) is 0 Å². The van der Waals surface area contributed by atoms with Gasteiger partial charge in [-0.1, -0.05) is 54.0 Å². The average molecular weight is 324 g/mol. The number of fused-ring (bicyclic) bond motifs is 1. The minimum Gasteiger partial charge on any atom is -0.352 e. The van der Waals surface area contributed by atoms with Gasteiger partial charge in [0.15, 0.2) is 0 Å². The molecule has 1 amide bonds. The van der Waals surface area contributed by atoms with Crippen molar-refractivity contribution in [1.29, 1.82) is 0 Å². The molecule has 0 radical (unpaired) electrons. The average Bonchev–Trinajstić information content (AvgIpc) is 2.43. The first-order valence-electron chi connectivity index (χ1n) is 7.05. The number of halogens is 1. The summed E-state index contributed by atoms with van der Waals surface area (Å²) in [7, 11) is 0. The third-order valence-corrected chi connectivity index (χ3v) is 4.71. The van der Waals surface area contributed by atoms with Gasteiger partial charge in [0.2, 0.25) is 5.91 Å². The molecular formula is C16H22BrNO. The number of amides is 1. The van der Waals surface area contributed by atoms with Crippen LogP contribution in [0.2, 0.25) is 0 Å². The second-order valence-corrected chi connectivity index (χ2v) is 6.37. The highest BCUT2D eigenvalue weighted by Gasteiger charge is 2.26. The summed E-state index contributed by atoms with van der Waals surface area (Å²) in [4.78, 5) is 12.3. The van der Waals surface area contributed by atoms with Crippen molar-refractivity contribution in [2.24, 2.45) is 11.8 Å². The van der Waals surface area contributed by atoms with E-state index in [0.29, 0.717) is 5.92 Å². The molecule has 0 saturated heterocycles. The normalized spacial score (nSPS) is 19.9. The van der Waals surface area contributed by atoms with Crippen LogP contribution < -0.4 is 5.32 Å². The van der Waals surface area contributed by atoms with Crippen molar-refractivity contribution in [2.75, 3.05) is 5.33 Å². The molecule has 0 aromatic heterocycles. The molecule has 1 aromatic carbocycles. The highest BCUT2D eigenvalue weighted by atomic mass is 79.9. The monoisotopic (exact) mass is 323 g/mol. The summed E-state index contributed by atoms with van der Waals surface area (Å²) in [5.74, 6) is 0.807. The van der Waals surface area contributed by atoms with Crippen molar-refractivity contribution in [3.05, 3.63) is 35.4 Å². The highest BCUT2D eigenvalue weighted by Crippen LogP contribution is 2.25. The Morgan fingerprint density at radius 3 is 2.68 bits per heavy atom. The number of hydrogen-bond donors (Lipinski definition) is 1. The van der Waals surface area contributed by atoms with Crippen LogP contribution in [-0.2, 0) is 17.6 Å². The van der Waals surface area contributed by atoms with Crippen LogP contribution in [0.25, 0.3) is 0 Å². The number of alkyl halides is 1. The third kappa shape index (κ3) is 3.59. The standard InChI is InChI=1S/C16H22BrNO/c1-11(2)15(10-17)18-16(19)14-8-7-12-5-3-4-6-13(12)9-14/h3-6,11,14-15H,7-10H2,1-2H3,(H,18,19). The number of rotatable bonds is 4. The molecule has 0 spiro atoms. The fraction of sp³-hybridized carbons (Fsp3) is 0.562. The SMILES string of the molecule is CC(C)C(CBr)NC(=O)C1CCc2ccccc2C1. The highest BCUT2D eigenvalue weighted by molar-refractivity contribution is 9.09. The molecule has 0 bridgehead atoms. The lowest BCUT2D eigenvalue weighted by Gasteiger charge is -2.27. The fourth-order valence-corrected chi connectivity index (χ4v) is 3.52. The summed E-state index contributed by atoms with van der Waals surface area (Å²) in [6.07, 6.45) is 2.87. The number of carbonyl (C=O) groups excluding carboxylic acids is 1. The van der Waals surface area contributed by atoms with Crippen molar-refractivity contribution in [1.82, 2.24) is 5.32 Å². The maximum atomic E-state index is 12.3. The van der Waals surface area contributed by atoms with Crippen LogP contribution in [-0.4, -0.2) is 17.3 Å². The number of benzene rings is 1. The Bertz CT molecular complexity index is 444. The molecule has 1 aliphatic rings. The van der Waals surface area contributed by atoms with E-state index in [4.69, 9.17) is 0 Å². The minimum absolute atomic E-state index is 0.134. The summed E-state index contributed by atoms with van der Waals surface area (Å²) in [5, 5.41) is 4.00. The molecule has 19 heavy (non-hydrogen) atoms. The number of nitrogens with one attached hydrogen (secondary N) is 1. The second kappa shape index (κ2) is 6.56. The molecule has 1 N–H and O–H groups in total. The molecule has 2 nitrogen and oxygen atoms in total. The van der Waals surface area contributed by atoms with Crippen LogP contribution in [0.5, 0.6) is 0 Å². The van der Waals surface area contributed by atoms with Gasteiger partial charge >= 0.3 is 0 Å². The Hall–Kier alpha value is -0.830. The molecule has 1 aliphatic carbocycles. The maximum Gasteiger partial charge on any atom is 0.223 e. The quantitative estimate of drug-likeness (QED) is 0.846. The number of carbonyl (C=O) groups is 1. The van der Waals surface area contributed by atoms with Crippen LogP contribution in [0.4, 0.5) is 0 Å². The van der Waals surface area contributed by atoms with Gasteiger partial charge in [0.05, 0.1) is 0 Å². The lowest BCUT2D eigenvalue weighted by Crippen LogP contribution is -2.44. The van der Waals surface area contributed by atoms with Gasteiger partial charge in [0, 0.05) is 17.3 Å². The zero-order valence-corrected chi connectivity index (χ0v) is 13.2. The van der Waals surface area contributed by atoms with Gasteiger partial charge in [-0.2, -0.15) is 0 Å². The smallest absolute Gasteiger partial charge is 0.223 e. The van der Waals surface area contributed by atoms with Gasteiger partial charge in [-0.15, -0.1) is 0 Å². The Morgan fingerprint density at radius 1 is 1.37 bits per heavy atom. The first kappa shape index (κ1) is 14.6. The minimum atomic E-state index is 0.134. The van der Waals surface area contributed by atoms with E-state index < -0.39 is 0 Å². The van der Waals surface area contributed by atoms with Gasteiger partial charge in [-0.05, 0) is 36.3 Å². The Morgan fingerprint density at radius 2 is 2.05 bits per heavy atom. The van der Waals surface area contributed by atoms with Gasteiger partial charge in [-0.3, -0.25) is 4.79 Å². The van der Waals surface area contributed by atoms with Crippen LogP contribution in [0.15, 0.2) is 24.3 Å². The van der Waals surface area contributed by atoms with E-state index in [9.17, 15) is 4.79 Å². The first-order chi connectivity index (χ1) is 9.11. The Balaban J connectivity index is 1.99. The van der Waals surface area contributed by atoms with Gasteiger partial charge in [-0.25, -0.2) is 0 Å². The summed E-state index contributed by atoms with van der Waals surface area (Å²) in [6, 6.07) is 8.70. The molecule has 0 fully saturated rings. The van der Waals surface area contributed by atoms with E-state index in [1.54, 1.807) is 0 Å². The van der Waals surface area contributed by atoms with Crippen LogP contribution >= 0.6 is 15.9 Å². The van der Waals surface area contributed by atoms with Crippen LogP contribution in [0.3, 0.4) is 0 Å². The third-order valence-electron chi connectivity index (χ3n) is 4.02. The maximum absolute atomic E-state index is 12.3. The van der Waals surface area contributed by atoms with E-state index in [0.717, 1.165) is 24.6 Å². The molecule has 0 heterocycles. The second-order valence-electron chi connectivity index (χ2n) is 5.72. The predicted octanol–water partition coefficient (Wildman–Crippen LogP) is 3.33. The molecule has 3 heteroatoms. The lowest BCUT2D eigenvalue weighted by atomic mass is 9.83. The van der Waals surface area contributed by atoms with Gasteiger partial charge < -0.3 is 5.32 Å². The number of aryl methyl sites for hydroxylation is 1. The van der Waals surface area contributed by atoms with Crippen molar-refractivity contribution >= 4 is 21.8 Å². The summed E-state index contributed by atoms with van der Waals surface area (Å²) in [6.45, 7) is 4.28. The molecule has 2 rings (SSSR count). The van der Waals surface area contributed by atoms with E-state index in [1.807, 2.05) is 0 Å². The zero-order valence-electron chi connectivity index (χ0n) is 11.7. The summed E-state index contributed by atoms with van der Waals surface area (Å²) >= 11 is 3.48. The molecular weight excluding hydrogens is 302 g/mol. The van der Waals surface area contributed by atoms with Crippen molar-refractivity contribution in [2.45, 2.75) is 39.2 Å². The number of hydrogen-bond acceptors (Lipinski definition) is 1. The van der Waals surface area contributed by atoms with Crippen molar-refractivity contribution in [3.63, 3.8) is 0 Å². The van der Waals surface area contributed by atoms with E-state index in [1.165, 1.54) is 11.1 Å². The van der Waals surface area contributed by atoms with E-state index in [-0.39, 0.29) is 17.9 Å². The first-order valence-corrected chi connectivity index (χ1v) is 8.17.